The van der Waals surface area contributed by atoms with Gasteiger partial charge in [0.2, 0.25) is 0 Å². The highest BCUT2D eigenvalue weighted by Crippen LogP contribution is 2.34. The van der Waals surface area contributed by atoms with E-state index in [9.17, 15) is 9.59 Å². The van der Waals surface area contributed by atoms with Gasteiger partial charge in [0.1, 0.15) is 23.9 Å². The van der Waals surface area contributed by atoms with E-state index < -0.39 is 0 Å². The van der Waals surface area contributed by atoms with Crippen LogP contribution in [0.25, 0.3) is 0 Å². The summed E-state index contributed by atoms with van der Waals surface area (Å²) in [4.78, 5) is 29.2. The summed E-state index contributed by atoms with van der Waals surface area (Å²) in [5, 5.41) is 2.92. The lowest BCUT2D eigenvalue weighted by Crippen LogP contribution is -2.14. The molecule has 222 valence electrons. The zero-order valence-electron chi connectivity index (χ0n) is 24.9. The Morgan fingerprint density at radius 1 is 0.864 bits per heavy atom. The summed E-state index contributed by atoms with van der Waals surface area (Å²) in [5.74, 6) is 2.21. The predicted molar refractivity (Wildman–Crippen MR) is 171 cm³/mol. The van der Waals surface area contributed by atoms with Crippen LogP contribution < -0.4 is 19.5 Å². The zero-order valence-corrected chi connectivity index (χ0v) is 24.9. The van der Waals surface area contributed by atoms with Crippen molar-refractivity contribution in [3.05, 3.63) is 143 Å². The van der Waals surface area contributed by atoms with Gasteiger partial charge in [0, 0.05) is 11.8 Å². The van der Waals surface area contributed by atoms with Crippen molar-refractivity contribution < 1.29 is 23.8 Å². The number of hydrogen-bond acceptors (Lipinski definition) is 6. The first-order valence-corrected chi connectivity index (χ1v) is 14.4. The second-order valence-corrected chi connectivity index (χ2v) is 10.7. The summed E-state index contributed by atoms with van der Waals surface area (Å²) in [6, 6.07) is 31.8. The van der Waals surface area contributed by atoms with Crippen LogP contribution >= 0.6 is 0 Å². The van der Waals surface area contributed by atoms with E-state index in [0.29, 0.717) is 42.2 Å². The minimum absolute atomic E-state index is 0.149. The Labute approximate surface area is 257 Å². The molecule has 0 aliphatic carbocycles. The number of amides is 1. The van der Waals surface area contributed by atoms with Gasteiger partial charge in [0.15, 0.2) is 5.75 Å². The van der Waals surface area contributed by atoms with Gasteiger partial charge in [0.25, 0.3) is 12.4 Å². The highest BCUT2D eigenvalue weighted by Gasteiger charge is 2.17. The minimum atomic E-state index is -0.331. The van der Waals surface area contributed by atoms with Gasteiger partial charge >= 0.3 is 0 Å². The Kier molecular flexibility index (Phi) is 9.67. The number of carbonyl (C=O) groups excluding carboxylic acids is 2. The predicted octanol–water partition coefficient (Wildman–Crippen LogP) is 8.26. The van der Waals surface area contributed by atoms with Crippen LogP contribution in [0.3, 0.4) is 0 Å². The molecule has 0 saturated carbocycles. The number of aryl methyl sites for hydroxylation is 1. The van der Waals surface area contributed by atoms with Crippen LogP contribution in [-0.2, 0) is 17.8 Å². The van der Waals surface area contributed by atoms with Gasteiger partial charge < -0.3 is 19.5 Å². The molecule has 0 aliphatic heterocycles. The lowest BCUT2D eigenvalue weighted by Gasteiger charge is -2.18. The lowest BCUT2D eigenvalue weighted by atomic mass is 9.92. The monoisotopic (exact) mass is 586 g/mol. The third kappa shape index (κ3) is 7.89. The van der Waals surface area contributed by atoms with Crippen LogP contribution in [0, 0.1) is 6.92 Å². The fraction of sp³-hybridized carbons (Fsp3) is 0.162. The van der Waals surface area contributed by atoms with E-state index in [4.69, 9.17) is 14.2 Å². The molecule has 44 heavy (non-hydrogen) atoms. The molecule has 0 radical (unpaired) electrons. The average Bonchev–Trinajstić information content (AvgIpc) is 3.03. The Hall–Kier alpha value is -5.43. The minimum Gasteiger partial charge on any atom is -0.487 e. The molecule has 0 bridgehead atoms. The molecule has 1 N–H and O–H groups in total. The number of rotatable bonds is 12. The third-order valence-corrected chi connectivity index (χ3v) is 7.07. The molecular formula is C37H34N2O5. The average molecular weight is 587 g/mol. The molecule has 0 saturated heterocycles. The first-order valence-electron chi connectivity index (χ1n) is 14.4. The van der Waals surface area contributed by atoms with E-state index in [1.807, 2.05) is 92.0 Å². The van der Waals surface area contributed by atoms with Crippen molar-refractivity contribution in [1.29, 1.82) is 0 Å². The van der Waals surface area contributed by atoms with Crippen LogP contribution in [0.5, 0.6) is 23.0 Å². The standard InChI is InChI=1S/C37H34N2O5/c1-25(2)34-21-35(39-37(41)28-12-17-33(18-13-28)44-32-7-5-4-6-8-32)36(43-24-40)20-29(34)19-27-11-14-30(38-22-27)23-42-31-15-9-26(3)10-16-31/h4-18,20-22,24-25H,19,23H2,1-3H3,(H,39,41). The van der Waals surface area contributed by atoms with Gasteiger partial charge in [-0.3, -0.25) is 14.6 Å². The van der Waals surface area contributed by atoms with Crippen molar-refractivity contribution in [1.82, 2.24) is 4.98 Å². The Morgan fingerprint density at radius 2 is 1.57 bits per heavy atom. The van der Waals surface area contributed by atoms with Gasteiger partial charge in [-0.15, -0.1) is 0 Å². The first-order chi connectivity index (χ1) is 21.4. The smallest absolute Gasteiger partial charge is 0.298 e. The maximum atomic E-state index is 13.2. The van der Waals surface area contributed by atoms with Gasteiger partial charge in [-0.25, -0.2) is 0 Å². The molecule has 5 rings (SSSR count). The van der Waals surface area contributed by atoms with Crippen molar-refractivity contribution in [2.24, 2.45) is 0 Å². The maximum absolute atomic E-state index is 13.2. The summed E-state index contributed by atoms with van der Waals surface area (Å²) in [6.07, 6.45) is 2.41. The van der Waals surface area contributed by atoms with E-state index >= 15 is 0 Å². The van der Waals surface area contributed by atoms with E-state index in [1.54, 1.807) is 24.3 Å². The van der Waals surface area contributed by atoms with Crippen LogP contribution in [0.4, 0.5) is 5.69 Å². The highest BCUT2D eigenvalue weighted by atomic mass is 16.5. The second kappa shape index (κ2) is 14.2. The number of para-hydroxylation sites is 1. The molecule has 0 atom stereocenters. The van der Waals surface area contributed by atoms with Gasteiger partial charge in [0.05, 0.1) is 11.4 Å². The molecule has 0 spiro atoms. The van der Waals surface area contributed by atoms with Crippen molar-refractivity contribution >= 4 is 18.1 Å². The fourth-order valence-electron chi connectivity index (χ4n) is 4.73. The molecule has 7 heteroatoms. The number of nitrogens with one attached hydrogen (secondary N) is 1. The molecule has 0 fully saturated rings. The molecule has 4 aromatic carbocycles. The number of benzene rings is 4. The largest absolute Gasteiger partial charge is 0.487 e. The zero-order chi connectivity index (χ0) is 30.9. The Balaban J connectivity index is 1.29. The maximum Gasteiger partial charge on any atom is 0.298 e. The Bertz CT molecular complexity index is 1700. The van der Waals surface area contributed by atoms with Crippen LogP contribution in [-0.4, -0.2) is 17.4 Å². The SMILES string of the molecule is Cc1ccc(OCc2ccc(Cc3cc(OC=O)c(NC(=O)c4ccc(Oc5ccccc5)cc4)cc3C(C)C)cn2)cc1. The van der Waals surface area contributed by atoms with E-state index in [0.717, 1.165) is 28.1 Å². The highest BCUT2D eigenvalue weighted by molar-refractivity contribution is 6.05. The summed E-state index contributed by atoms with van der Waals surface area (Å²) < 4.78 is 17.0. The summed E-state index contributed by atoms with van der Waals surface area (Å²) in [5.41, 5.74) is 5.85. The topological polar surface area (TPSA) is 86.8 Å². The van der Waals surface area contributed by atoms with E-state index in [2.05, 4.69) is 24.1 Å². The molecule has 0 unspecified atom stereocenters. The molecular weight excluding hydrogens is 552 g/mol. The van der Waals surface area contributed by atoms with E-state index in [-0.39, 0.29) is 17.6 Å². The van der Waals surface area contributed by atoms with Crippen molar-refractivity contribution in [2.75, 3.05) is 5.32 Å². The van der Waals surface area contributed by atoms with Crippen molar-refractivity contribution in [3.63, 3.8) is 0 Å². The molecule has 1 heterocycles. The van der Waals surface area contributed by atoms with E-state index in [1.165, 1.54) is 5.56 Å². The van der Waals surface area contributed by atoms with Crippen LogP contribution in [0.15, 0.2) is 109 Å². The molecule has 0 aliphatic rings. The number of anilines is 1. The number of hydrogen-bond donors (Lipinski definition) is 1. The van der Waals surface area contributed by atoms with Gasteiger partial charge in [-0.1, -0.05) is 55.8 Å². The lowest BCUT2D eigenvalue weighted by molar-refractivity contribution is -0.120. The third-order valence-electron chi connectivity index (χ3n) is 7.07. The number of ether oxygens (including phenoxy) is 3. The second-order valence-electron chi connectivity index (χ2n) is 10.7. The number of pyridine rings is 1. The normalized spacial score (nSPS) is 10.7. The number of carbonyl (C=O) groups is 2. The van der Waals surface area contributed by atoms with Crippen molar-refractivity contribution in [3.8, 4) is 23.0 Å². The summed E-state index contributed by atoms with van der Waals surface area (Å²) >= 11 is 0. The van der Waals surface area contributed by atoms with Crippen LogP contribution in [0.1, 0.15) is 58.1 Å². The quantitative estimate of drug-likeness (QED) is 0.148. The number of aromatic nitrogens is 1. The van der Waals surface area contributed by atoms with Crippen LogP contribution in [0.2, 0.25) is 0 Å². The fourth-order valence-corrected chi connectivity index (χ4v) is 4.73. The first kappa shape index (κ1) is 30.0. The summed E-state index contributed by atoms with van der Waals surface area (Å²) in [6.45, 7) is 6.94. The molecule has 1 amide bonds. The molecule has 1 aromatic heterocycles. The van der Waals surface area contributed by atoms with Crippen molar-refractivity contribution in [2.45, 2.75) is 39.7 Å². The molecule has 7 nitrogen and oxygen atoms in total. The Morgan fingerprint density at radius 3 is 2.23 bits per heavy atom. The number of nitrogens with zero attached hydrogens (tertiary/aromatic N) is 1. The van der Waals surface area contributed by atoms with Gasteiger partial charge in [-0.05, 0) is 103 Å². The van der Waals surface area contributed by atoms with Gasteiger partial charge in [-0.2, -0.15) is 0 Å². The molecule has 5 aromatic rings. The summed E-state index contributed by atoms with van der Waals surface area (Å²) in [7, 11) is 0.